The summed E-state index contributed by atoms with van der Waals surface area (Å²) in [5.74, 6) is -1.74. The first-order chi connectivity index (χ1) is 13.4. The molecule has 0 saturated carbocycles. The lowest BCUT2D eigenvalue weighted by molar-refractivity contribution is -0.255. The Morgan fingerprint density at radius 1 is 1.07 bits per heavy atom. The molecule has 0 atom stereocenters. The van der Waals surface area contributed by atoms with Gasteiger partial charge in [-0.25, -0.2) is 4.68 Å². The number of hydrogen-bond donors (Lipinski definition) is 1. The Morgan fingerprint density at radius 2 is 1.71 bits per heavy atom. The molecule has 1 aromatic heterocycles. The van der Waals surface area contributed by atoms with E-state index in [4.69, 9.17) is 0 Å². The molecule has 7 nitrogen and oxygen atoms in total. The number of rotatable bonds is 6. The fourth-order valence-electron chi connectivity index (χ4n) is 2.79. The zero-order valence-electron chi connectivity index (χ0n) is 15.3. The molecule has 28 heavy (non-hydrogen) atoms. The summed E-state index contributed by atoms with van der Waals surface area (Å²) in [6, 6.07) is 15.4. The minimum absolute atomic E-state index is 0.0302. The first kappa shape index (κ1) is 19.5. The van der Waals surface area contributed by atoms with Crippen LogP contribution in [0.3, 0.4) is 0 Å². The van der Waals surface area contributed by atoms with E-state index in [9.17, 15) is 19.5 Å². The van der Waals surface area contributed by atoms with Gasteiger partial charge in [-0.15, -0.1) is 11.8 Å². The smallest absolute Gasteiger partial charge is 0.295 e. The maximum atomic E-state index is 12.8. The lowest BCUT2D eigenvalue weighted by atomic mass is 10.2. The molecule has 0 aliphatic heterocycles. The van der Waals surface area contributed by atoms with Crippen molar-refractivity contribution in [2.45, 2.75) is 11.8 Å². The summed E-state index contributed by atoms with van der Waals surface area (Å²) in [7, 11) is 1.74. The van der Waals surface area contributed by atoms with Crippen LogP contribution in [0, 0.1) is 6.92 Å². The number of amides is 1. The number of nitrogens with one attached hydrogen (secondary N) is 1. The van der Waals surface area contributed by atoms with Crippen LogP contribution in [0.25, 0.3) is 5.69 Å². The first-order valence-corrected chi connectivity index (χ1v) is 9.45. The van der Waals surface area contributed by atoms with Crippen molar-refractivity contribution in [2.24, 2.45) is 7.05 Å². The Kier molecular flexibility index (Phi) is 5.70. The zero-order valence-corrected chi connectivity index (χ0v) is 16.2. The largest absolute Gasteiger partial charge is 0.545 e. The van der Waals surface area contributed by atoms with E-state index in [-0.39, 0.29) is 22.6 Å². The number of para-hydroxylation sites is 1. The molecule has 0 aliphatic carbocycles. The number of thioether (sulfide) groups is 1. The van der Waals surface area contributed by atoms with Crippen molar-refractivity contribution in [1.29, 1.82) is 0 Å². The third-order valence-electron chi connectivity index (χ3n) is 4.28. The predicted octanol–water partition coefficient (Wildman–Crippen LogP) is 1.58. The summed E-state index contributed by atoms with van der Waals surface area (Å²) in [6.45, 7) is 1.75. The number of carbonyl (C=O) groups excluding carboxylic acids is 2. The van der Waals surface area contributed by atoms with Crippen LogP contribution >= 0.6 is 11.8 Å². The highest BCUT2D eigenvalue weighted by Crippen LogP contribution is 2.22. The molecule has 0 fully saturated rings. The molecule has 0 radical (unpaired) electrons. The fourth-order valence-corrected chi connectivity index (χ4v) is 3.63. The number of aromatic carboxylic acids is 1. The molecule has 1 heterocycles. The highest BCUT2D eigenvalue weighted by atomic mass is 32.2. The van der Waals surface area contributed by atoms with Gasteiger partial charge in [0.1, 0.15) is 5.69 Å². The number of aromatic nitrogens is 2. The van der Waals surface area contributed by atoms with E-state index >= 15 is 0 Å². The summed E-state index contributed by atoms with van der Waals surface area (Å²) in [5.41, 5.74) is 1.20. The summed E-state index contributed by atoms with van der Waals surface area (Å²) in [5, 5.41) is 13.8. The van der Waals surface area contributed by atoms with Crippen LogP contribution in [0.2, 0.25) is 0 Å². The van der Waals surface area contributed by atoms with E-state index in [0.29, 0.717) is 16.3 Å². The molecule has 0 aliphatic rings. The number of carboxylic acids is 1. The standard InChI is InChI=1S/C20H19N3O4S/c1-13-18(19(25)23(22(13)2)14-8-4-3-5-9-14)21-17(24)12-28-16-11-7-6-10-15(16)20(26)27/h3-11H,12H2,1-2H3,(H,21,24)(H,26,27)/p-1. The van der Waals surface area contributed by atoms with Crippen LogP contribution in [0.1, 0.15) is 16.1 Å². The monoisotopic (exact) mass is 396 g/mol. The predicted molar refractivity (Wildman–Crippen MR) is 106 cm³/mol. The summed E-state index contributed by atoms with van der Waals surface area (Å²) in [6.07, 6.45) is 0. The second kappa shape index (κ2) is 8.18. The molecule has 3 rings (SSSR count). The van der Waals surface area contributed by atoms with Gasteiger partial charge in [0.15, 0.2) is 0 Å². The number of carboxylic acid groups (broad SMARTS) is 1. The summed E-state index contributed by atoms with van der Waals surface area (Å²) < 4.78 is 3.15. The lowest BCUT2D eigenvalue weighted by Crippen LogP contribution is -2.24. The number of anilines is 1. The van der Waals surface area contributed by atoms with Crippen molar-refractivity contribution in [3.8, 4) is 5.69 Å². The van der Waals surface area contributed by atoms with Gasteiger partial charge in [0.25, 0.3) is 5.56 Å². The van der Waals surface area contributed by atoms with E-state index < -0.39 is 11.9 Å². The Morgan fingerprint density at radius 3 is 2.39 bits per heavy atom. The van der Waals surface area contributed by atoms with Crippen LogP contribution in [-0.4, -0.2) is 27.0 Å². The molecule has 144 valence electrons. The Hall–Kier alpha value is -3.26. The Labute approximate surface area is 165 Å². The average molecular weight is 396 g/mol. The van der Waals surface area contributed by atoms with Gasteiger partial charge in [-0.3, -0.25) is 14.3 Å². The van der Waals surface area contributed by atoms with Crippen LogP contribution in [0.5, 0.6) is 0 Å². The lowest BCUT2D eigenvalue weighted by Gasteiger charge is -2.09. The second-order valence-electron chi connectivity index (χ2n) is 6.06. The van der Waals surface area contributed by atoms with Gasteiger partial charge < -0.3 is 15.2 Å². The maximum absolute atomic E-state index is 12.8. The van der Waals surface area contributed by atoms with Crippen molar-refractivity contribution in [3.63, 3.8) is 0 Å². The number of benzene rings is 2. The SMILES string of the molecule is Cc1c(NC(=O)CSc2ccccc2C(=O)[O-])c(=O)n(-c2ccccc2)n1C. The minimum Gasteiger partial charge on any atom is -0.545 e. The average Bonchev–Trinajstić information content (AvgIpc) is 2.90. The van der Waals surface area contributed by atoms with Crippen LogP contribution in [0.4, 0.5) is 5.69 Å². The number of nitrogens with zero attached hydrogens (tertiary/aromatic N) is 2. The van der Waals surface area contributed by atoms with Gasteiger partial charge >= 0.3 is 0 Å². The quantitative estimate of drug-likeness (QED) is 0.638. The number of hydrogen-bond acceptors (Lipinski definition) is 5. The van der Waals surface area contributed by atoms with Gasteiger partial charge in [0, 0.05) is 17.5 Å². The molecule has 8 heteroatoms. The fraction of sp³-hybridized carbons (Fsp3) is 0.150. The maximum Gasteiger partial charge on any atom is 0.295 e. The van der Waals surface area contributed by atoms with Gasteiger partial charge in [0.2, 0.25) is 5.91 Å². The van der Waals surface area contributed by atoms with Crippen LogP contribution in [-0.2, 0) is 11.8 Å². The molecule has 3 aromatic rings. The molecular weight excluding hydrogens is 378 g/mol. The Balaban J connectivity index is 1.79. The Bertz CT molecular complexity index is 1090. The van der Waals surface area contributed by atoms with Crippen molar-refractivity contribution < 1.29 is 14.7 Å². The van der Waals surface area contributed by atoms with Gasteiger partial charge in [-0.05, 0) is 25.1 Å². The minimum atomic E-state index is -1.30. The highest BCUT2D eigenvalue weighted by Gasteiger charge is 2.18. The third-order valence-corrected chi connectivity index (χ3v) is 5.36. The van der Waals surface area contributed by atoms with E-state index in [1.165, 1.54) is 10.7 Å². The third kappa shape index (κ3) is 3.86. The van der Waals surface area contributed by atoms with E-state index in [2.05, 4.69) is 5.32 Å². The molecule has 2 aromatic carbocycles. The number of carbonyl (C=O) groups is 2. The molecule has 1 amide bonds. The first-order valence-electron chi connectivity index (χ1n) is 8.47. The van der Waals surface area contributed by atoms with Crippen molar-refractivity contribution in [2.75, 3.05) is 11.1 Å². The normalized spacial score (nSPS) is 10.6. The topological polar surface area (TPSA) is 96.2 Å². The van der Waals surface area contributed by atoms with E-state index in [0.717, 1.165) is 11.8 Å². The highest BCUT2D eigenvalue weighted by molar-refractivity contribution is 8.00. The van der Waals surface area contributed by atoms with E-state index in [1.807, 2.05) is 18.2 Å². The van der Waals surface area contributed by atoms with Crippen molar-refractivity contribution >= 4 is 29.3 Å². The van der Waals surface area contributed by atoms with Gasteiger partial charge in [-0.2, -0.15) is 0 Å². The van der Waals surface area contributed by atoms with Gasteiger partial charge in [0.05, 0.1) is 23.1 Å². The molecule has 1 N–H and O–H groups in total. The van der Waals surface area contributed by atoms with Crippen LogP contribution < -0.4 is 16.0 Å². The summed E-state index contributed by atoms with van der Waals surface area (Å²) >= 11 is 1.07. The summed E-state index contributed by atoms with van der Waals surface area (Å²) in [4.78, 5) is 36.8. The zero-order chi connectivity index (χ0) is 20.3. The van der Waals surface area contributed by atoms with Crippen LogP contribution in [0.15, 0.2) is 64.3 Å². The van der Waals surface area contributed by atoms with Gasteiger partial charge in [-0.1, -0.05) is 36.4 Å². The molecule has 0 saturated heterocycles. The molecular formula is C20H18N3O4S-. The van der Waals surface area contributed by atoms with Crippen molar-refractivity contribution in [3.05, 3.63) is 76.2 Å². The molecule has 0 unspecified atom stereocenters. The molecule has 0 bridgehead atoms. The van der Waals surface area contributed by atoms with E-state index in [1.54, 1.807) is 49.0 Å². The molecule has 0 spiro atoms. The second-order valence-corrected chi connectivity index (χ2v) is 7.07. The van der Waals surface area contributed by atoms with Crippen molar-refractivity contribution in [1.82, 2.24) is 9.36 Å².